The maximum absolute atomic E-state index is 12.2. The van der Waals surface area contributed by atoms with Crippen molar-refractivity contribution in [2.45, 2.75) is 35.5 Å². The van der Waals surface area contributed by atoms with Gasteiger partial charge in [0.25, 0.3) is 0 Å². The summed E-state index contributed by atoms with van der Waals surface area (Å²) in [5.74, 6) is 0.757. The fraction of sp³-hybridized carbons (Fsp3) is 0.500. The van der Waals surface area contributed by atoms with Crippen LogP contribution in [0.1, 0.15) is 19.3 Å². The van der Waals surface area contributed by atoms with Crippen LogP contribution >= 0.6 is 0 Å². The van der Waals surface area contributed by atoms with Crippen LogP contribution in [0.4, 0.5) is 0 Å². The topological polar surface area (TPSA) is 46.5 Å². The Morgan fingerprint density at radius 1 is 1.31 bits per heavy atom. The largest absolute Gasteiger partial charge is 0.497 e. The monoisotopic (exact) mass is 240 g/mol. The van der Waals surface area contributed by atoms with Gasteiger partial charge in [-0.25, -0.2) is 0 Å². The molecule has 0 saturated heterocycles. The van der Waals surface area contributed by atoms with Crippen molar-refractivity contribution in [1.29, 1.82) is 0 Å². The van der Waals surface area contributed by atoms with Gasteiger partial charge in [-0.2, -0.15) is 0 Å². The minimum atomic E-state index is -1.10. The minimum absolute atomic E-state index is 0.103. The molecule has 0 radical (unpaired) electrons. The molecule has 1 N–H and O–H groups in total. The summed E-state index contributed by atoms with van der Waals surface area (Å²) >= 11 is 0. The number of benzene rings is 1. The second-order valence-electron chi connectivity index (χ2n) is 4.01. The normalized spacial score (nSPS) is 26.6. The summed E-state index contributed by atoms with van der Waals surface area (Å²) in [6, 6.07) is 7.21. The van der Waals surface area contributed by atoms with E-state index in [2.05, 4.69) is 0 Å². The van der Waals surface area contributed by atoms with Crippen LogP contribution < -0.4 is 4.74 Å². The van der Waals surface area contributed by atoms with E-state index in [4.69, 9.17) is 4.74 Å². The van der Waals surface area contributed by atoms with Crippen LogP contribution in [0.15, 0.2) is 29.2 Å². The van der Waals surface area contributed by atoms with E-state index in [9.17, 15) is 9.32 Å². The van der Waals surface area contributed by atoms with Crippen molar-refractivity contribution in [2.75, 3.05) is 7.11 Å². The Hall–Kier alpha value is -0.870. The highest BCUT2D eigenvalue weighted by molar-refractivity contribution is 7.85. The molecule has 0 heterocycles. The molecule has 1 aliphatic rings. The lowest BCUT2D eigenvalue weighted by Gasteiger charge is -2.14. The smallest absolute Gasteiger partial charge is 0.118 e. The van der Waals surface area contributed by atoms with E-state index in [0.717, 1.165) is 29.9 Å². The number of aliphatic hydroxyl groups is 1. The maximum atomic E-state index is 12.2. The Morgan fingerprint density at radius 2 is 2.00 bits per heavy atom. The summed E-state index contributed by atoms with van der Waals surface area (Å²) in [5.41, 5.74) is 0. The van der Waals surface area contributed by atoms with Gasteiger partial charge in [0.15, 0.2) is 0 Å². The Morgan fingerprint density at radius 3 is 2.50 bits per heavy atom. The van der Waals surface area contributed by atoms with Crippen LogP contribution in [-0.2, 0) is 10.8 Å². The summed E-state index contributed by atoms with van der Waals surface area (Å²) in [5, 5.41) is 9.60. The van der Waals surface area contributed by atoms with E-state index in [-0.39, 0.29) is 5.25 Å². The molecule has 3 atom stereocenters. The highest BCUT2D eigenvalue weighted by Gasteiger charge is 2.30. The van der Waals surface area contributed by atoms with Crippen molar-refractivity contribution in [1.82, 2.24) is 0 Å². The minimum Gasteiger partial charge on any atom is -0.497 e. The first-order valence-electron chi connectivity index (χ1n) is 5.45. The number of aliphatic hydroxyl groups excluding tert-OH is 1. The fourth-order valence-electron chi connectivity index (χ4n) is 2.04. The third kappa shape index (κ3) is 2.28. The summed E-state index contributed by atoms with van der Waals surface area (Å²) in [6.45, 7) is 0. The van der Waals surface area contributed by atoms with Gasteiger partial charge in [0.2, 0.25) is 0 Å². The summed E-state index contributed by atoms with van der Waals surface area (Å²) in [6.07, 6.45) is 2.17. The number of hydrogen-bond donors (Lipinski definition) is 1. The first-order chi connectivity index (χ1) is 7.72. The Kier molecular flexibility index (Phi) is 3.61. The summed E-state index contributed by atoms with van der Waals surface area (Å²) in [4.78, 5) is 0.770. The summed E-state index contributed by atoms with van der Waals surface area (Å²) < 4.78 is 17.2. The van der Waals surface area contributed by atoms with E-state index in [1.54, 1.807) is 31.4 Å². The Balaban J connectivity index is 2.14. The zero-order valence-corrected chi connectivity index (χ0v) is 10.1. The highest BCUT2D eigenvalue weighted by atomic mass is 32.2. The number of hydrogen-bond acceptors (Lipinski definition) is 3. The molecule has 0 aliphatic heterocycles. The van der Waals surface area contributed by atoms with E-state index < -0.39 is 16.9 Å². The molecule has 0 aromatic heterocycles. The second-order valence-corrected chi connectivity index (χ2v) is 5.68. The average molecular weight is 240 g/mol. The number of ether oxygens (including phenoxy) is 1. The molecule has 3 nitrogen and oxygen atoms in total. The van der Waals surface area contributed by atoms with Crippen molar-refractivity contribution >= 4 is 10.8 Å². The van der Waals surface area contributed by atoms with Crippen molar-refractivity contribution < 1.29 is 14.1 Å². The molecule has 16 heavy (non-hydrogen) atoms. The third-order valence-electron chi connectivity index (χ3n) is 2.98. The van der Waals surface area contributed by atoms with Gasteiger partial charge in [0.1, 0.15) is 5.75 Å². The molecule has 1 fully saturated rings. The van der Waals surface area contributed by atoms with Crippen LogP contribution in [0.3, 0.4) is 0 Å². The lowest BCUT2D eigenvalue weighted by atomic mass is 10.3. The van der Waals surface area contributed by atoms with Gasteiger partial charge in [-0.3, -0.25) is 4.21 Å². The predicted octanol–water partition coefficient (Wildman–Crippen LogP) is 1.72. The predicted molar refractivity (Wildman–Crippen MR) is 63.0 cm³/mol. The molecular formula is C12H16O3S. The number of methoxy groups -OCH3 is 1. The Bertz CT molecular complexity index is 374. The molecule has 1 aliphatic carbocycles. The average Bonchev–Trinajstić information content (AvgIpc) is 2.75. The molecule has 0 spiro atoms. The number of rotatable bonds is 3. The van der Waals surface area contributed by atoms with Crippen molar-refractivity contribution in [3.05, 3.63) is 24.3 Å². The fourth-order valence-corrected chi connectivity index (χ4v) is 3.60. The van der Waals surface area contributed by atoms with E-state index in [0.29, 0.717) is 0 Å². The van der Waals surface area contributed by atoms with Gasteiger partial charge in [-0.05, 0) is 43.5 Å². The van der Waals surface area contributed by atoms with Crippen LogP contribution in [0, 0.1) is 0 Å². The van der Waals surface area contributed by atoms with Crippen molar-refractivity contribution in [3.63, 3.8) is 0 Å². The first kappa shape index (κ1) is 11.6. The molecule has 88 valence electrons. The molecule has 4 heteroatoms. The molecule has 0 amide bonds. The van der Waals surface area contributed by atoms with Gasteiger partial charge in [-0.15, -0.1) is 0 Å². The van der Waals surface area contributed by atoms with E-state index in [1.807, 2.05) is 0 Å². The van der Waals surface area contributed by atoms with Gasteiger partial charge in [0, 0.05) is 4.90 Å². The molecule has 1 saturated carbocycles. The second kappa shape index (κ2) is 4.97. The van der Waals surface area contributed by atoms with Crippen LogP contribution in [0.2, 0.25) is 0 Å². The van der Waals surface area contributed by atoms with Crippen LogP contribution in [-0.4, -0.2) is 27.8 Å². The molecule has 1 aromatic rings. The molecule has 0 bridgehead atoms. The zero-order chi connectivity index (χ0) is 11.5. The van der Waals surface area contributed by atoms with Crippen molar-refractivity contribution in [2.24, 2.45) is 0 Å². The summed E-state index contributed by atoms with van der Waals surface area (Å²) in [7, 11) is 0.499. The highest BCUT2D eigenvalue weighted by Crippen LogP contribution is 2.27. The third-order valence-corrected chi connectivity index (χ3v) is 4.82. The molecular weight excluding hydrogens is 224 g/mol. The SMILES string of the molecule is COc1ccc(S(=O)[C@@H]2CCC[C@H]2O)cc1. The quantitative estimate of drug-likeness (QED) is 0.875. The lowest BCUT2D eigenvalue weighted by molar-refractivity contribution is 0.186. The van der Waals surface area contributed by atoms with E-state index in [1.165, 1.54) is 0 Å². The van der Waals surface area contributed by atoms with Gasteiger partial charge in [0.05, 0.1) is 29.3 Å². The Labute approximate surface area is 97.9 Å². The van der Waals surface area contributed by atoms with Gasteiger partial charge in [-0.1, -0.05) is 0 Å². The molecule has 2 rings (SSSR count). The van der Waals surface area contributed by atoms with Crippen molar-refractivity contribution in [3.8, 4) is 5.75 Å². The standard InChI is InChI=1S/C12H16O3S/c1-15-9-5-7-10(8-6-9)16(14)12-4-2-3-11(12)13/h5-8,11-13H,2-4H2,1H3/t11-,12-,16?/m1/s1. The van der Waals surface area contributed by atoms with Crippen LogP contribution in [0.5, 0.6) is 5.75 Å². The zero-order valence-electron chi connectivity index (χ0n) is 9.26. The van der Waals surface area contributed by atoms with Crippen LogP contribution in [0.25, 0.3) is 0 Å². The van der Waals surface area contributed by atoms with Gasteiger partial charge < -0.3 is 9.84 Å². The lowest BCUT2D eigenvalue weighted by Crippen LogP contribution is -2.24. The molecule has 1 aromatic carbocycles. The van der Waals surface area contributed by atoms with Gasteiger partial charge >= 0.3 is 0 Å². The maximum Gasteiger partial charge on any atom is 0.118 e. The molecule has 1 unspecified atom stereocenters. The first-order valence-corrected chi connectivity index (χ1v) is 6.66. The van der Waals surface area contributed by atoms with E-state index >= 15 is 0 Å².